The van der Waals surface area contributed by atoms with E-state index in [1.165, 1.54) is 0 Å². The first-order valence-electron chi connectivity index (χ1n) is 6.26. The highest BCUT2D eigenvalue weighted by atomic mass is 16.2. The second-order valence-electron chi connectivity index (χ2n) is 4.45. The van der Waals surface area contributed by atoms with Gasteiger partial charge in [-0.15, -0.1) is 5.10 Å². The molecule has 1 aromatic carbocycles. The molecule has 1 amide bonds. The summed E-state index contributed by atoms with van der Waals surface area (Å²) < 4.78 is 0. The molecule has 0 fully saturated rings. The molecule has 1 aliphatic rings. The molecule has 0 saturated carbocycles. The molecule has 1 atom stereocenters. The topological polar surface area (TPSA) is 66.9 Å². The maximum absolute atomic E-state index is 12.3. The van der Waals surface area contributed by atoms with Crippen LogP contribution in [0.3, 0.4) is 0 Å². The summed E-state index contributed by atoms with van der Waals surface area (Å²) in [7, 11) is 0. The van der Waals surface area contributed by atoms with E-state index in [-0.39, 0.29) is 11.8 Å². The van der Waals surface area contributed by atoms with E-state index in [2.05, 4.69) is 20.8 Å². The number of carbonyl (C=O) groups is 1. The monoisotopic (exact) mass is 254 g/mol. The highest BCUT2D eigenvalue weighted by molar-refractivity contribution is 5.96. The second kappa shape index (κ2) is 5.06. The van der Waals surface area contributed by atoms with Gasteiger partial charge in [0.1, 0.15) is 0 Å². The molecule has 2 heterocycles. The lowest BCUT2D eigenvalue weighted by atomic mass is 9.90. The van der Waals surface area contributed by atoms with Crippen LogP contribution in [0.5, 0.6) is 0 Å². The van der Waals surface area contributed by atoms with Crippen LogP contribution >= 0.6 is 0 Å². The van der Waals surface area contributed by atoms with E-state index < -0.39 is 0 Å². The van der Waals surface area contributed by atoms with Gasteiger partial charge in [0.15, 0.2) is 5.82 Å². The zero-order valence-electron chi connectivity index (χ0n) is 10.3. The third kappa shape index (κ3) is 2.40. The molecule has 19 heavy (non-hydrogen) atoms. The Balaban J connectivity index is 1.82. The Bertz CT molecular complexity index is 585. The fraction of sp³-hybridized carbons (Fsp3) is 0.214. The van der Waals surface area contributed by atoms with Crippen LogP contribution in [0, 0.1) is 0 Å². The van der Waals surface area contributed by atoms with Crippen LogP contribution in [0.2, 0.25) is 0 Å². The Labute approximate surface area is 111 Å². The van der Waals surface area contributed by atoms with Crippen molar-refractivity contribution in [3.63, 3.8) is 0 Å². The number of nitrogens with one attached hydrogen (secondary N) is 2. The third-order valence-electron chi connectivity index (χ3n) is 3.22. The van der Waals surface area contributed by atoms with Crippen molar-refractivity contribution in [3.8, 4) is 0 Å². The fourth-order valence-electron chi connectivity index (χ4n) is 2.32. The molecule has 1 unspecified atom stereocenters. The SMILES string of the molecule is O=C(Nc1cccnn1)C1CCNc2ccccc21. The van der Waals surface area contributed by atoms with E-state index >= 15 is 0 Å². The molecule has 2 aromatic rings. The molecule has 0 spiro atoms. The minimum atomic E-state index is -0.139. The summed E-state index contributed by atoms with van der Waals surface area (Å²) >= 11 is 0. The first-order chi connectivity index (χ1) is 9.34. The molecular formula is C14H14N4O. The van der Waals surface area contributed by atoms with E-state index in [1.54, 1.807) is 18.3 Å². The summed E-state index contributed by atoms with van der Waals surface area (Å²) in [5.41, 5.74) is 2.07. The Morgan fingerprint density at radius 1 is 1.26 bits per heavy atom. The lowest BCUT2D eigenvalue weighted by molar-refractivity contribution is -0.117. The van der Waals surface area contributed by atoms with Crippen LogP contribution in [-0.4, -0.2) is 22.6 Å². The van der Waals surface area contributed by atoms with Crippen LogP contribution in [0.1, 0.15) is 17.9 Å². The van der Waals surface area contributed by atoms with Gasteiger partial charge in [0.2, 0.25) is 5.91 Å². The first kappa shape index (κ1) is 11.6. The average Bonchev–Trinajstić information content (AvgIpc) is 2.47. The van der Waals surface area contributed by atoms with E-state index in [4.69, 9.17) is 0 Å². The molecule has 1 aromatic heterocycles. The number of nitrogens with zero attached hydrogens (tertiary/aromatic N) is 2. The summed E-state index contributed by atoms with van der Waals surface area (Å²) in [5.74, 6) is 0.317. The van der Waals surface area contributed by atoms with Crippen molar-refractivity contribution >= 4 is 17.4 Å². The quantitative estimate of drug-likeness (QED) is 0.860. The van der Waals surface area contributed by atoms with Gasteiger partial charge >= 0.3 is 0 Å². The van der Waals surface area contributed by atoms with Gasteiger partial charge in [0.05, 0.1) is 5.92 Å². The summed E-state index contributed by atoms with van der Waals surface area (Å²) in [6, 6.07) is 11.4. The summed E-state index contributed by atoms with van der Waals surface area (Å²) in [6.07, 6.45) is 2.36. The van der Waals surface area contributed by atoms with Crippen molar-refractivity contribution in [2.24, 2.45) is 0 Å². The Hall–Kier alpha value is -2.43. The van der Waals surface area contributed by atoms with Crippen LogP contribution in [0.4, 0.5) is 11.5 Å². The lowest BCUT2D eigenvalue weighted by Crippen LogP contribution is -2.27. The minimum Gasteiger partial charge on any atom is -0.385 e. The second-order valence-corrected chi connectivity index (χ2v) is 4.45. The van der Waals surface area contributed by atoms with Crippen molar-refractivity contribution < 1.29 is 4.79 Å². The number of hydrogen-bond acceptors (Lipinski definition) is 4. The molecule has 1 aliphatic heterocycles. The summed E-state index contributed by atoms with van der Waals surface area (Å²) in [4.78, 5) is 12.3. The molecule has 0 radical (unpaired) electrons. The van der Waals surface area contributed by atoms with E-state index in [0.717, 1.165) is 24.2 Å². The maximum Gasteiger partial charge on any atom is 0.233 e. The van der Waals surface area contributed by atoms with E-state index in [1.807, 2.05) is 24.3 Å². The summed E-state index contributed by atoms with van der Waals surface area (Å²) in [5, 5.41) is 13.7. The maximum atomic E-state index is 12.3. The Kier molecular flexibility index (Phi) is 3.10. The van der Waals surface area contributed by atoms with Crippen LogP contribution in [-0.2, 0) is 4.79 Å². The van der Waals surface area contributed by atoms with Gasteiger partial charge in [-0.3, -0.25) is 4.79 Å². The lowest BCUT2D eigenvalue weighted by Gasteiger charge is -2.25. The highest BCUT2D eigenvalue weighted by Gasteiger charge is 2.26. The molecule has 0 saturated heterocycles. The van der Waals surface area contributed by atoms with E-state index in [9.17, 15) is 4.79 Å². The zero-order valence-corrected chi connectivity index (χ0v) is 10.3. The van der Waals surface area contributed by atoms with E-state index in [0.29, 0.717) is 5.82 Å². The minimum absolute atomic E-state index is 0.0329. The number of rotatable bonds is 2. The number of hydrogen-bond donors (Lipinski definition) is 2. The molecule has 3 rings (SSSR count). The van der Waals surface area contributed by atoms with Crippen molar-refractivity contribution in [1.82, 2.24) is 10.2 Å². The largest absolute Gasteiger partial charge is 0.385 e. The van der Waals surface area contributed by atoms with Crippen molar-refractivity contribution in [2.45, 2.75) is 12.3 Å². The van der Waals surface area contributed by atoms with Gasteiger partial charge in [0, 0.05) is 18.4 Å². The Morgan fingerprint density at radius 3 is 3.00 bits per heavy atom. The summed E-state index contributed by atoms with van der Waals surface area (Å²) in [6.45, 7) is 0.801. The zero-order chi connectivity index (χ0) is 13.1. The number of para-hydroxylation sites is 1. The van der Waals surface area contributed by atoms with Crippen molar-refractivity contribution in [1.29, 1.82) is 0 Å². The fourth-order valence-corrected chi connectivity index (χ4v) is 2.32. The van der Waals surface area contributed by atoms with Crippen LogP contribution in [0.25, 0.3) is 0 Å². The van der Waals surface area contributed by atoms with Gasteiger partial charge in [-0.1, -0.05) is 18.2 Å². The number of benzene rings is 1. The highest BCUT2D eigenvalue weighted by Crippen LogP contribution is 2.31. The molecule has 2 N–H and O–H groups in total. The van der Waals surface area contributed by atoms with Gasteiger partial charge in [-0.2, -0.15) is 5.10 Å². The Morgan fingerprint density at radius 2 is 2.16 bits per heavy atom. The number of anilines is 2. The van der Waals surface area contributed by atoms with Gasteiger partial charge < -0.3 is 10.6 Å². The van der Waals surface area contributed by atoms with Crippen LogP contribution in [0.15, 0.2) is 42.6 Å². The average molecular weight is 254 g/mol. The number of aromatic nitrogens is 2. The molecule has 5 heteroatoms. The standard InChI is InChI=1S/C14H14N4O/c19-14(17-13-6-3-8-16-18-13)11-7-9-15-12-5-2-1-4-10(11)12/h1-6,8,11,15H,7,9H2,(H,17,18,19). The predicted octanol–water partition coefficient (Wildman–Crippen LogP) is 2.01. The van der Waals surface area contributed by atoms with Gasteiger partial charge in [-0.05, 0) is 30.2 Å². The smallest absolute Gasteiger partial charge is 0.233 e. The molecule has 96 valence electrons. The molecule has 5 nitrogen and oxygen atoms in total. The molecule has 0 aliphatic carbocycles. The predicted molar refractivity (Wildman–Crippen MR) is 73.0 cm³/mol. The third-order valence-corrected chi connectivity index (χ3v) is 3.22. The van der Waals surface area contributed by atoms with Crippen molar-refractivity contribution in [2.75, 3.05) is 17.2 Å². The number of fused-ring (bicyclic) bond motifs is 1. The molecule has 0 bridgehead atoms. The van der Waals surface area contributed by atoms with Gasteiger partial charge in [0.25, 0.3) is 0 Å². The van der Waals surface area contributed by atoms with Crippen molar-refractivity contribution in [3.05, 3.63) is 48.2 Å². The van der Waals surface area contributed by atoms with Gasteiger partial charge in [-0.25, -0.2) is 0 Å². The first-order valence-corrected chi connectivity index (χ1v) is 6.26. The normalized spacial score (nSPS) is 17.2. The number of amides is 1. The van der Waals surface area contributed by atoms with Crippen LogP contribution < -0.4 is 10.6 Å². The molecular weight excluding hydrogens is 240 g/mol. The number of carbonyl (C=O) groups excluding carboxylic acids is 1.